The van der Waals surface area contributed by atoms with Crippen LogP contribution in [0, 0.1) is 0 Å². The third-order valence-corrected chi connectivity index (χ3v) is 6.53. The molecule has 166 valence electrons. The van der Waals surface area contributed by atoms with Crippen LogP contribution in [0.25, 0.3) is 11.1 Å². The summed E-state index contributed by atoms with van der Waals surface area (Å²) < 4.78 is 0. The maximum atomic E-state index is 10.2. The van der Waals surface area contributed by atoms with Gasteiger partial charge in [-0.15, -0.1) is 0 Å². The minimum atomic E-state index is 0.152. The Morgan fingerprint density at radius 3 is 2.19 bits per heavy atom. The van der Waals surface area contributed by atoms with E-state index in [9.17, 15) is 10.2 Å². The molecule has 32 heavy (non-hydrogen) atoms. The van der Waals surface area contributed by atoms with Gasteiger partial charge in [0.05, 0.1) is 0 Å². The molecule has 0 unspecified atom stereocenters. The number of phenolic OH excluding ortho intramolecular Hbond substituents is 1. The summed E-state index contributed by atoms with van der Waals surface area (Å²) in [6, 6.07) is 26.9. The van der Waals surface area contributed by atoms with Gasteiger partial charge in [0.15, 0.2) is 0 Å². The largest absolute Gasteiger partial charge is 0.508 e. The normalized spacial score (nSPS) is 16.1. The molecule has 0 bridgehead atoms. The number of aromatic hydroxyl groups is 1. The van der Waals surface area contributed by atoms with Gasteiger partial charge in [0.1, 0.15) is 5.75 Å². The summed E-state index contributed by atoms with van der Waals surface area (Å²) in [5.74, 6) is 0.883. The summed E-state index contributed by atoms with van der Waals surface area (Å²) in [4.78, 5) is 2.40. The van der Waals surface area contributed by atoms with Gasteiger partial charge in [-0.1, -0.05) is 66.7 Å². The molecular weight excluding hydrogens is 394 g/mol. The zero-order valence-electron chi connectivity index (χ0n) is 18.9. The lowest BCUT2D eigenvalue weighted by Crippen LogP contribution is -2.29. The number of benzene rings is 3. The molecule has 0 spiro atoms. The third-order valence-electron chi connectivity index (χ3n) is 6.53. The summed E-state index contributed by atoms with van der Waals surface area (Å²) in [6.45, 7) is 2.46. The van der Waals surface area contributed by atoms with E-state index >= 15 is 0 Å². The summed E-state index contributed by atoms with van der Waals surface area (Å²) in [5.41, 5.74) is 7.01. The molecule has 0 aromatic heterocycles. The van der Waals surface area contributed by atoms with Crippen molar-refractivity contribution in [2.24, 2.45) is 0 Å². The molecule has 1 aliphatic heterocycles. The molecule has 4 rings (SSSR count). The molecule has 3 nitrogen and oxygen atoms in total. The Kier molecular flexibility index (Phi) is 7.41. The summed E-state index contributed by atoms with van der Waals surface area (Å²) in [5, 5.41) is 19.8. The van der Waals surface area contributed by atoms with Crippen molar-refractivity contribution in [2.45, 2.75) is 31.6 Å². The SMILES string of the molecule is CN1CCC(c2ccc(C(=C(CCCO)c3ccccc3)c3cccc(O)c3)cc2)CC1. The molecule has 0 aliphatic carbocycles. The van der Waals surface area contributed by atoms with Gasteiger partial charge in [-0.3, -0.25) is 0 Å². The molecule has 1 heterocycles. The quantitative estimate of drug-likeness (QED) is 0.459. The van der Waals surface area contributed by atoms with Crippen molar-refractivity contribution >= 4 is 11.1 Å². The predicted octanol–water partition coefficient (Wildman–Crippen LogP) is 5.93. The fraction of sp³-hybridized carbons (Fsp3) is 0.310. The van der Waals surface area contributed by atoms with Crippen LogP contribution in [-0.2, 0) is 0 Å². The Labute approximate surface area is 191 Å². The zero-order chi connectivity index (χ0) is 22.3. The van der Waals surface area contributed by atoms with E-state index < -0.39 is 0 Å². The Morgan fingerprint density at radius 1 is 0.844 bits per heavy atom. The first-order chi connectivity index (χ1) is 15.7. The summed E-state index contributed by atoms with van der Waals surface area (Å²) >= 11 is 0. The molecule has 0 saturated carbocycles. The van der Waals surface area contributed by atoms with Gasteiger partial charge in [0.2, 0.25) is 0 Å². The molecule has 2 N–H and O–H groups in total. The smallest absolute Gasteiger partial charge is 0.116 e. The standard InChI is InChI=1S/C29H33NO2/c1-30-18-16-23(17-19-30)22-12-14-25(15-13-22)29(26-9-5-10-27(32)21-26)28(11-6-20-31)24-7-3-2-4-8-24/h2-5,7-10,12-15,21,23,31-32H,6,11,16-20H2,1H3. The van der Waals surface area contributed by atoms with Gasteiger partial charge in [-0.05, 0) is 97.3 Å². The molecule has 1 aliphatic rings. The van der Waals surface area contributed by atoms with E-state index in [1.165, 1.54) is 24.0 Å². The number of hydrogen-bond donors (Lipinski definition) is 2. The number of piperidine rings is 1. The number of aliphatic hydroxyl groups excluding tert-OH is 1. The van der Waals surface area contributed by atoms with E-state index in [1.54, 1.807) is 6.07 Å². The van der Waals surface area contributed by atoms with Crippen molar-refractivity contribution in [1.29, 1.82) is 0 Å². The van der Waals surface area contributed by atoms with E-state index in [-0.39, 0.29) is 12.4 Å². The molecule has 3 heteroatoms. The highest BCUT2D eigenvalue weighted by Crippen LogP contribution is 2.37. The molecular formula is C29H33NO2. The highest BCUT2D eigenvalue weighted by atomic mass is 16.3. The van der Waals surface area contributed by atoms with Crippen LogP contribution in [0.15, 0.2) is 78.9 Å². The average molecular weight is 428 g/mol. The highest BCUT2D eigenvalue weighted by Gasteiger charge is 2.19. The molecule has 3 aromatic carbocycles. The second-order valence-corrected chi connectivity index (χ2v) is 8.80. The monoisotopic (exact) mass is 427 g/mol. The summed E-state index contributed by atoms with van der Waals surface area (Å²) in [6.07, 6.45) is 3.87. The Balaban J connectivity index is 1.79. The number of likely N-dealkylation sites (tertiary alicyclic amines) is 1. The fourth-order valence-electron chi connectivity index (χ4n) is 4.75. The van der Waals surface area contributed by atoms with Crippen LogP contribution in [-0.4, -0.2) is 41.9 Å². The molecule has 0 atom stereocenters. The van der Waals surface area contributed by atoms with E-state index in [4.69, 9.17) is 0 Å². The minimum Gasteiger partial charge on any atom is -0.508 e. The molecule has 1 saturated heterocycles. The van der Waals surface area contributed by atoms with Crippen molar-refractivity contribution in [3.63, 3.8) is 0 Å². The van der Waals surface area contributed by atoms with Crippen LogP contribution in [0.2, 0.25) is 0 Å². The van der Waals surface area contributed by atoms with Crippen LogP contribution in [0.4, 0.5) is 0 Å². The minimum absolute atomic E-state index is 0.152. The number of nitrogens with zero attached hydrogens (tertiary/aromatic N) is 1. The lowest BCUT2D eigenvalue weighted by molar-refractivity contribution is 0.255. The lowest BCUT2D eigenvalue weighted by atomic mass is 9.85. The van der Waals surface area contributed by atoms with Crippen LogP contribution in [0.1, 0.15) is 53.9 Å². The van der Waals surface area contributed by atoms with E-state index in [0.29, 0.717) is 12.3 Å². The molecule has 0 amide bonds. The second kappa shape index (κ2) is 10.6. The first-order valence-electron chi connectivity index (χ1n) is 11.6. The lowest BCUT2D eigenvalue weighted by Gasteiger charge is -2.29. The average Bonchev–Trinajstić information content (AvgIpc) is 2.83. The number of phenols is 1. The van der Waals surface area contributed by atoms with Crippen LogP contribution in [0.3, 0.4) is 0 Å². The van der Waals surface area contributed by atoms with Crippen LogP contribution in [0.5, 0.6) is 5.75 Å². The fourth-order valence-corrected chi connectivity index (χ4v) is 4.75. The van der Waals surface area contributed by atoms with Gasteiger partial charge < -0.3 is 15.1 Å². The second-order valence-electron chi connectivity index (χ2n) is 8.80. The van der Waals surface area contributed by atoms with Crippen molar-refractivity contribution in [3.8, 4) is 5.75 Å². The van der Waals surface area contributed by atoms with Crippen molar-refractivity contribution in [1.82, 2.24) is 4.90 Å². The molecule has 0 radical (unpaired) electrons. The maximum absolute atomic E-state index is 10.2. The first-order valence-corrected chi connectivity index (χ1v) is 11.6. The van der Waals surface area contributed by atoms with Gasteiger partial charge in [0.25, 0.3) is 0 Å². The first kappa shape index (κ1) is 22.3. The summed E-state index contributed by atoms with van der Waals surface area (Å²) in [7, 11) is 2.20. The van der Waals surface area contributed by atoms with Gasteiger partial charge in [-0.25, -0.2) is 0 Å². The van der Waals surface area contributed by atoms with E-state index in [1.807, 2.05) is 18.2 Å². The van der Waals surface area contributed by atoms with E-state index in [2.05, 4.69) is 66.5 Å². The van der Waals surface area contributed by atoms with Crippen molar-refractivity contribution in [3.05, 3.63) is 101 Å². The molecule has 1 fully saturated rings. The maximum Gasteiger partial charge on any atom is 0.116 e. The van der Waals surface area contributed by atoms with Crippen LogP contribution < -0.4 is 0 Å². The topological polar surface area (TPSA) is 43.7 Å². The Hall–Kier alpha value is -2.88. The van der Waals surface area contributed by atoms with Gasteiger partial charge >= 0.3 is 0 Å². The Morgan fingerprint density at radius 2 is 1.53 bits per heavy atom. The van der Waals surface area contributed by atoms with E-state index in [0.717, 1.165) is 41.8 Å². The highest BCUT2D eigenvalue weighted by molar-refractivity contribution is 5.98. The van der Waals surface area contributed by atoms with Gasteiger partial charge in [-0.2, -0.15) is 0 Å². The van der Waals surface area contributed by atoms with Gasteiger partial charge in [0, 0.05) is 6.61 Å². The third kappa shape index (κ3) is 5.29. The predicted molar refractivity (Wildman–Crippen MR) is 133 cm³/mol. The number of allylic oxidation sites excluding steroid dienone is 1. The number of rotatable bonds is 7. The number of hydrogen-bond acceptors (Lipinski definition) is 3. The Bertz CT molecular complexity index is 1030. The van der Waals surface area contributed by atoms with Crippen molar-refractivity contribution < 1.29 is 10.2 Å². The molecule has 3 aromatic rings. The van der Waals surface area contributed by atoms with Crippen LogP contribution >= 0.6 is 0 Å². The zero-order valence-corrected chi connectivity index (χ0v) is 18.9. The van der Waals surface area contributed by atoms with Crippen molar-refractivity contribution in [2.75, 3.05) is 26.7 Å². The number of aliphatic hydroxyl groups is 1.